The van der Waals surface area contributed by atoms with Crippen molar-refractivity contribution in [3.63, 3.8) is 0 Å². The van der Waals surface area contributed by atoms with E-state index < -0.39 is 40.5 Å². The molecule has 3 aliphatic heterocycles. The first-order valence-corrected chi connectivity index (χ1v) is 12.4. The van der Waals surface area contributed by atoms with Crippen LogP contribution in [-0.2, 0) is 24.5 Å². The van der Waals surface area contributed by atoms with E-state index >= 15 is 0 Å². The average molecular weight is 535 g/mol. The van der Waals surface area contributed by atoms with E-state index in [1.807, 2.05) is 24.9 Å². The van der Waals surface area contributed by atoms with Crippen LogP contribution in [0.5, 0.6) is 5.75 Å². The number of nitrogens with zero attached hydrogens (tertiary/aromatic N) is 2. The van der Waals surface area contributed by atoms with Crippen LogP contribution < -0.4 is 9.64 Å². The van der Waals surface area contributed by atoms with Crippen LogP contribution in [0, 0.1) is 5.41 Å². The van der Waals surface area contributed by atoms with Crippen LogP contribution in [0.15, 0.2) is 28.8 Å². The SMILES string of the molecule is CC[C@]12C=CCN3CC[C@]4(c5cc(Br)c(OC)cc5N(C)[C@H]4[C@@](O)(C(=O)OC)[C@@H]1OC(C)=O)[C@@H]32. The molecule has 0 radical (unpaired) electrons. The second-order valence-corrected chi connectivity index (χ2v) is 10.7. The van der Waals surface area contributed by atoms with Gasteiger partial charge in [0.2, 0.25) is 5.60 Å². The summed E-state index contributed by atoms with van der Waals surface area (Å²) >= 11 is 3.65. The lowest BCUT2D eigenvalue weighted by atomic mass is 9.47. The van der Waals surface area contributed by atoms with Crippen molar-refractivity contribution in [3.8, 4) is 5.75 Å². The highest BCUT2D eigenvalue weighted by molar-refractivity contribution is 9.10. The van der Waals surface area contributed by atoms with E-state index in [2.05, 4.69) is 39.0 Å². The van der Waals surface area contributed by atoms with Crippen molar-refractivity contribution >= 4 is 33.6 Å². The van der Waals surface area contributed by atoms with Gasteiger partial charge in [-0.3, -0.25) is 9.69 Å². The van der Waals surface area contributed by atoms with Gasteiger partial charge in [0.05, 0.1) is 24.7 Å². The van der Waals surface area contributed by atoms with Crippen molar-refractivity contribution in [1.29, 1.82) is 0 Å². The van der Waals surface area contributed by atoms with Crippen LogP contribution >= 0.6 is 15.9 Å². The third-order valence-corrected chi connectivity index (χ3v) is 9.30. The highest BCUT2D eigenvalue weighted by Gasteiger charge is 2.80. The van der Waals surface area contributed by atoms with Crippen LogP contribution in [0.3, 0.4) is 0 Å². The van der Waals surface area contributed by atoms with Crippen LogP contribution in [0.25, 0.3) is 0 Å². The molecule has 3 heterocycles. The molecule has 6 atom stereocenters. The molecule has 1 aromatic carbocycles. The number of anilines is 1. The minimum Gasteiger partial charge on any atom is -0.495 e. The Morgan fingerprint density at radius 2 is 2.00 bits per heavy atom. The van der Waals surface area contributed by atoms with Gasteiger partial charge in [-0.15, -0.1) is 0 Å². The first kappa shape index (κ1) is 23.6. The molecule has 0 aromatic heterocycles. The summed E-state index contributed by atoms with van der Waals surface area (Å²) in [5.74, 6) is -0.671. The lowest BCUT2D eigenvalue weighted by Gasteiger charge is -2.63. The van der Waals surface area contributed by atoms with Gasteiger partial charge >= 0.3 is 11.9 Å². The fourth-order valence-corrected chi connectivity index (χ4v) is 8.22. The maximum atomic E-state index is 13.6. The van der Waals surface area contributed by atoms with Gasteiger partial charge < -0.3 is 24.2 Å². The first-order valence-electron chi connectivity index (χ1n) is 11.6. The zero-order valence-corrected chi connectivity index (χ0v) is 21.7. The summed E-state index contributed by atoms with van der Waals surface area (Å²) in [4.78, 5) is 30.3. The Balaban J connectivity index is 1.88. The Kier molecular flexibility index (Phi) is 5.35. The number of esters is 2. The molecule has 0 bridgehead atoms. The van der Waals surface area contributed by atoms with E-state index in [0.717, 1.165) is 35.2 Å². The van der Waals surface area contributed by atoms with Crippen LogP contribution in [-0.4, -0.2) is 80.1 Å². The van der Waals surface area contributed by atoms with Crippen molar-refractivity contribution in [2.24, 2.45) is 5.41 Å². The molecule has 0 amide bonds. The van der Waals surface area contributed by atoms with Crippen molar-refractivity contribution in [2.75, 3.05) is 39.3 Å². The Labute approximate surface area is 207 Å². The topological polar surface area (TPSA) is 88.5 Å². The second kappa shape index (κ2) is 7.70. The summed E-state index contributed by atoms with van der Waals surface area (Å²) in [5, 5.41) is 12.5. The van der Waals surface area contributed by atoms with Crippen molar-refractivity contribution in [1.82, 2.24) is 4.90 Å². The third-order valence-electron chi connectivity index (χ3n) is 8.68. The number of carbonyl (C=O) groups excluding carboxylic acids is 2. The minimum atomic E-state index is -2.10. The van der Waals surface area contributed by atoms with Crippen molar-refractivity contribution < 1.29 is 28.9 Å². The summed E-state index contributed by atoms with van der Waals surface area (Å²) in [6.45, 7) is 4.91. The lowest BCUT2D eigenvalue weighted by Crippen LogP contribution is -2.81. The molecule has 4 aliphatic rings. The van der Waals surface area contributed by atoms with Crippen LogP contribution in [0.1, 0.15) is 32.3 Å². The number of methoxy groups -OCH3 is 2. The number of ether oxygens (including phenoxy) is 3. The summed E-state index contributed by atoms with van der Waals surface area (Å²) in [7, 11) is 4.76. The quantitative estimate of drug-likeness (QED) is 0.465. The number of rotatable bonds is 4. The number of hydrogen-bond acceptors (Lipinski definition) is 8. The number of likely N-dealkylation sites (N-methyl/N-ethyl adjacent to an activating group) is 1. The van der Waals surface area contributed by atoms with E-state index in [1.54, 1.807) is 7.11 Å². The largest absolute Gasteiger partial charge is 0.495 e. The number of carbonyl (C=O) groups is 2. The van der Waals surface area contributed by atoms with Gasteiger partial charge in [0, 0.05) is 49.1 Å². The van der Waals surface area contributed by atoms with E-state index in [-0.39, 0.29) is 6.04 Å². The van der Waals surface area contributed by atoms with Gasteiger partial charge in [0.1, 0.15) is 5.75 Å². The Morgan fingerprint density at radius 1 is 1.26 bits per heavy atom. The lowest BCUT2D eigenvalue weighted by molar-refractivity contribution is -0.228. The molecule has 9 heteroatoms. The van der Waals surface area contributed by atoms with E-state index in [1.165, 1.54) is 14.0 Å². The van der Waals surface area contributed by atoms with Gasteiger partial charge in [-0.05, 0) is 46.9 Å². The summed E-state index contributed by atoms with van der Waals surface area (Å²) in [6, 6.07) is 3.22. The van der Waals surface area contributed by atoms with Crippen LogP contribution in [0.4, 0.5) is 5.69 Å². The molecular formula is C25H31BrN2O6. The van der Waals surface area contributed by atoms with Crippen molar-refractivity contribution in [2.45, 2.75) is 55.9 Å². The number of benzene rings is 1. The highest BCUT2D eigenvalue weighted by Crippen LogP contribution is 2.67. The zero-order valence-electron chi connectivity index (χ0n) is 20.1. The predicted molar refractivity (Wildman–Crippen MR) is 129 cm³/mol. The first-order chi connectivity index (χ1) is 16.1. The molecule has 34 heavy (non-hydrogen) atoms. The van der Waals surface area contributed by atoms with Gasteiger partial charge in [-0.25, -0.2) is 4.79 Å². The number of hydrogen-bond donors (Lipinski definition) is 1. The fraction of sp³-hybridized carbons (Fsp3) is 0.600. The standard InChI is InChI=1S/C25H31BrN2O6/c1-6-23-8-7-10-28-11-9-24(19(23)28)15-12-16(26)18(32-4)13-17(15)27(3)20(24)25(31,22(30)33-5)21(23)34-14(2)29/h7-8,12-13,19-21,31H,6,9-11H2,1-5H3/t19-,20+,21+,23+,24-,25-/m0/s1. The molecule has 1 saturated carbocycles. The maximum Gasteiger partial charge on any atom is 0.344 e. The molecule has 184 valence electrons. The summed E-state index contributed by atoms with van der Waals surface area (Å²) in [5.41, 5.74) is -1.54. The minimum absolute atomic E-state index is 0.0849. The maximum absolute atomic E-state index is 13.6. The predicted octanol–water partition coefficient (Wildman–Crippen LogP) is 2.40. The Bertz CT molecular complexity index is 1090. The second-order valence-electron chi connectivity index (χ2n) is 9.88. The van der Waals surface area contributed by atoms with Crippen LogP contribution in [0.2, 0.25) is 0 Å². The molecule has 5 rings (SSSR count). The molecule has 1 aliphatic carbocycles. The Hall–Kier alpha value is -2.10. The molecule has 1 spiro atoms. The monoisotopic (exact) mass is 534 g/mol. The van der Waals surface area contributed by atoms with Gasteiger partial charge in [0.25, 0.3) is 0 Å². The van der Waals surface area contributed by atoms with E-state index in [0.29, 0.717) is 12.2 Å². The number of fused-ring (bicyclic) bond motifs is 1. The normalized spacial score (nSPS) is 37.6. The van der Waals surface area contributed by atoms with E-state index in [9.17, 15) is 14.7 Å². The number of aliphatic hydroxyl groups is 1. The molecule has 8 nitrogen and oxygen atoms in total. The molecule has 1 saturated heterocycles. The van der Waals surface area contributed by atoms with Crippen molar-refractivity contribution in [3.05, 3.63) is 34.3 Å². The highest BCUT2D eigenvalue weighted by atomic mass is 79.9. The Morgan fingerprint density at radius 3 is 2.62 bits per heavy atom. The van der Waals surface area contributed by atoms with E-state index in [4.69, 9.17) is 14.2 Å². The molecular weight excluding hydrogens is 504 g/mol. The van der Waals surface area contributed by atoms with Gasteiger partial charge in [-0.2, -0.15) is 0 Å². The molecule has 0 unspecified atom stereocenters. The summed E-state index contributed by atoms with van der Waals surface area (Å²) < 4.78 is 17.5. The average Bonchev–Trinajstić information content (AvgIpc) is 3.32. The molecule has 1 aromatic rings. The molecule has 2 fully saturated rings. The van der Waals surface area contributed by atoms with Gasteiger partial charge in [-0.1, -0.05) is 19.1 Å². The number of halogens is 1. The van der Waals surface area contributed by atoms with Gasteiger partial charge in [0.15, 0.2) is 6.10 Å². The zero-order chi connectivity index (χ0) is 24.6. The fourth-order valence-electron chi connectivity index (χ4n) is 7.71. The smallest absolute Gasteiger partial charge is 0.344 e. The third kappa shape index (κ3) is 2.61. The molecule has 1 N–H and O–H groups in total. The summed E-state index contributed by atoms with van der Waals surface area (Å²) in [6.07, 6.45) is 4.34.